The topological polar surface area (TPSA) is 59.6 Å². The largest absolute Gasteiger partial charge is 0.433 e. The molecule has 1 aromatic carbocycles. The van der Waals surface area contributed by atoms with Gasteiger partial charge in [0.15, 0.2) is 0 Å². The Kier molecular flexibility index (Phi) is 6.19. The van der Waals surface area contributed by atoms with Gasteiger partial charge in [-0.15, -0.1) is 0 Å². The number of nitrogens with one attached hydrogen (secondary N) is 2. The predicted molar refractivity (Wildman–Crippen MR) is 77.6 cm³/mol. The van der Waals surface area contributed by atoms with Crippen LogP contribution >= 0.6 is 23.2 Å². The molecule has 1 aromatic rings. The number of rotatable bonds is 5. The van der Waals surface area contributed by atoms with E-state index in [0.717, 1.165) is 0 Å². The molecule has 1 unspecified atom stereocenters. The highest BCUT2D eigenvalue weighted by Gasteiger charge is 2.22. The Morgan fingerprint density at radius 2 is 2.27 bits per heavy atom. The zero-order chi connectivity index (χ0) is 16.1. The van der Waals surface area contributed by atoms with Crippen LogP contribution in [0.25, 0.3) is 0 Å². The summed E-state index contributed by atoms with van der Waals surface area (Å²) in [4.78, 5) is 12.0. The molecule has 1 fully saturated rings. The number of ether oxygens (including phenoxy) is 2. The summed E-state index contributed by atoms with van der Waals surface area (Å²) in [6, 6.07) is 2.22. The first-order chi connectivity index (χ1) is 10.5. The van der Waals surface area contributed by atoms with E-state index in [1.807, 2.05) is 0 Å². The van der Waals surface area contributed by atoms with Crippen molar-refractivity contribution < 1.29 is 23.0 Å². The van der Waals surface area contributed by atoms with Crippen LogP contribution < -0.4 is 15.4 Å². The van der Waals surface area contributed by atoms with Crippen LogP contribution in [0.15, 0.2) is 12.1 Å². The molecule has 1 atom stereocenters. The maximum Gasteiger partial charge on any atom is 0.387 e. The van der Waals surface area contributed by atoms with Gasteiger partial charge in [0, 0.05) is 23.7 Å². The second kappa shape index (κ2) is 7.92. The molecule has 0 aliphatic carbocycles. The first-order valence-electron chi connectivity index (χ1n) is 6.49. The standard InChI is InChI=1S/C13H14Cl2F2N2O3/c14-8-3-7(11(9(15)4-8)22-13(16)17)5-19-12(20)10-6-21-2-1-18-10/h3-4,10,13,18H,1-2,5-6H2,(H,19,20). The Labute approximate surface area is 135 Å². The Morgan fingerprint density at radius 1 is 1.50 bits per heavy atom. The Balaban J connectivity index is 2.06. The monoisotopic (exact) mass is 354 g/mol. The number of amides is 1. The summed E-state index contributed by atoms with van der Waals surface area (Å²) in [7, 11) is 0. The minimum Gasteiger partial charge on any atom is -0.433 e. The van der Waals surface area contributed by atoms with Crippen molar-refractivity contribution in [2.24, 2.45) is 0 Å². The molecule has 5 nitrogen and oxygen atoms in total. The maximum absolute atomic E-state index is 12.4. The minimum absolute atomic E-state index is 0.0423. The SMILES string of the molecule is O=C(NCc1cc(Cl)cc(Cl)c1OC(F)F)C1COCCN1. The third-order valence-corrected chi connectivity index (χ3v) is 3.48. The lowest BCUT2D eigenvalue weighted by atomic mass is 10.2. The molecule has 122 valence electrons. The fraction of sp³-hybridized carbons (Fsp3) is 0.462. The molecule has 9 heteroatoms. The zero-order valence-electron chi connectivity index (χ0n) is 11.4. The number of carbonyl (C=O) groups excluding carboxylic acids is 1. The molecule has 2 rings (SSSR count). The van der Waals surface area contributed by atoms with Crippen LogP contribution in [0.3, 0.4) is 0 Å². The summed E-state index contributed by atoms with van der Waals surface area (Å²) in [5.41, 5.74) is 0.267. The van der Waals surface area contributed by atoms with Crippen LogP contribution in [0, 0.1) is 0 Å². The van der Waals surface area contributed by atoms with E-state index in [4.69, 9.17) is 27.9 Å². The molecule has 1 heterocycles. The first-order valence-corrected chi connectivity index (χ1v) is 7.24. The highest BCUT2D eigenvalue weighted by molar-refractivity contribution is 6.35. The maximum atomic E-state index is 12.4. The number of hydrogen-bond acceptors (Lipinski definition) is 4. The van der Waals surface area contributed by atoms with E-state index in [1.165, 1.54) is 12.1 Å². The van der Waals surface area contributed by atoms with E-state index in [9.17, 15) is 13.6 Å². The molecule has 1 aliphatic heterocycles. The summed E-state index contributed by atoms with van der Waals surface area (Å²) >= 11 is 11.7. The Morgan fingerprint density at radius 3 is 2.91 bits per heavy atom. The van der Waals surface area contributed by atoms with Crippen molar-refractivity contribution in [3.05, 3.63) is 27.7 Å². The molecule has 22 heavy (non-hydrogen) atoms. The van der Waals surface area contributed by atoms with Crippen molar-refractivity contribution in [2.45, 2.75) is 19.2 Å². The smallest absolute Gasteiger partial charge is 0.387 e. The number of alkyl halides is 2. The second-order valence-electron chi connectivity index (χ2n) is 4.55. The molecule has 0 radical (unpaired) electrons. The zero-order valence-corrected chi connectivity index (χ0v) is 12.9. The van der Waals surface area contributed by atoms with Gasteiger partial charge in [0.05, 0.1) is 18.2 Å². The lowest BCUT2D eigenvalue weighted by molar-refractivity contribution is -0.126. The molecule has 1 saturated heterocycles. The average molecular weight is 355 g/mol. The van der Waals surface area contributed by atoms with Crippen LogP contribution in [0.5, 0.6) is 5.75 Å². The number of benzene rings is 1. The van der Waals surface area contributed by atoms with Crippen LogP contribution in [0.2, 0.25) is 10.0 Å². The lowest BCUT2D eigenvalue weighted by Crippen LogP contribution is -2.51. The molecule has 2 N–H and O–H groups in total. The van der Waals surface area contributed by atoms with Crippen molar-refractivity contribution >= 4 is 29.1 Å². The predicted octanol–water partition coefficient (Wildman–Crippen LogP) is 2.20. The van der Waals surface area contributed by atoms with Crippen molar-refractivity contribution in [1.29, 1.82) is 0 Å². The Hall–Kier alpha value is -1.15. The molecule has 0 spiro atoms. The summed E-state index contributed by atoms with van der Waals surface area (Å²) < 4.78 is 34.5. The summed E-state index contributed by atoms with van der Waals surface area (Å²) in [5.74, 6) is -0.506. The van der Waals surface area contributed by atoms with Crippen LogP contribution in [-0.2, 0) is 16.1 Å². The number of morpholine rings is 1. The normalized spacial score (nSPS) is 18.3. The molecular formula is C13H14Cl2F2N2O3. The van der Waals surface area contributed by atoms with Crippen molar-refractivity contribution in [3.63, 3.8) is 0 Å². The van der Waals surface area contributed by atoms with Gasteiger partial charge in [0.1, 0.15) is 11.8 Å². The quantitative estimate of drug-likeness (QED) is 0.850. The van der Waals surface area contributed by atoms with Crippen molar-refractivity contribution in [3.8, 4) is 5.75 Å². The third-order valence-electron chi connectivity index (χ3n) is 2.98. The average Bonchev–Trinajstić information content (AvgIpc) is 2.48. The molecule has 0 bridgehead atoms. The van der Waals surface area contributed by atoms with Gasteiger partial charge >= 0.3 is 6.61 Å². The Bertz CT molecular complexity index is 540. The van der Waals surface area contributed by atoms with Gasteiger partial charge in [0.2, 0.25) is 5.91 Å². The lowest BCUT2D eigenvalue weighted by Gasteiger charge is -2.23. The van der Waals surface area contributed by atoms with Gasteiger partial charge in [-0.2, -0.15) is 8.78 Å². The van der Waals surface area contributed by atoms with Gasteiger partial charge in [0.25, 0.3) is 0 Å². The van der Waals surface area contributed by atoms with Gasteiger partial charge in [-0.3, -0.25) is 4.79 Å². The van der Waals surface area contributed by atoms with Gasteiger partial charge in [-0.05, 0) is 12.1 Å². The van der Waals surface area contributed by atoms with E-state index in [-0.39, 0.29) is 40.4 Å². The molecule has 1 aliphatic rings. The third kappa shape index (κ3) is 4.67. The highest BCUT2D eigenvalue weighted by atomic mass is 35.5. The van der Waals surface area contributed by atoms with Crippen molar-refractivity contribution in [1.82, 2.24) is 10.6 Å². The molecule has 0 aromatic heterocycles. The summed E-state index contributed by atoms with van der Waals surface area (Å²) in [6.07, 6.45) is 0. The van der Waals surface area contributed by atoms with Crippen LogP contribution in [0.1, 0.15) is 5.56 Å². The second-order valence-corrected chi connectivity index (χ2v) is 5.40. The number of carbonyl (C=O) groups is 1. The van der Waals surface area contributed by atoms with Crippen LogP contribution in [-0.4, -0.2) is 38.3 Å². The minimum atomic E-state index is -3.03. The van der Waals surface area contributed by atoms with E-state index >= 15 is 0 Å². The van der Waals surface area contributed by atoms with Crippen molar-refractivity contribution in [2.75, 3.05) is 19.8 Å². The molecule has 0 saturated carbocycles. The fourth-order valence-corrected chi connectivity index (χ4v) is 2.59. The van der Waals surface area contributed by atoms with E-state index < -0.39 is 12.7 Å². The number of halogens is 4. The van der Waals surface area contributed by atoms with E-state index in [2.05, 4.69) is 15.4 Å². The molecule has 1 amide bonds. The van der Waals surface area contributed by atoms with Gasteiger partial charge < -0.3 is 20.1 Å². The highest BCUT2D eigenvalue weighted by Crippen LogP contribution is 2.33. The summed E-state index contributed by atoms with van der Waals surface area (Å²) in [5, 5.41) is 5.81. The first kappa shape index (κ1) is 17.2. The fourth-order valence-electron chi connectivity index (χ4n) is 2.01. The summed E-state index contributed by atoms with van der Waals surface area (Å²) in [6.45, 7) is -1.70. The number of hydrogen-bond donors (Lipinski definition) is 2. The van der Waals surface area contributed by atoms with Gasteiger partial charge in [-0.25, -0.2) is 0 Å². The van der Waals surface area contributed by atoms with E-state index in [1.54, 1.807) is 0 Å². The van der Waals surface area contributed by atoms with Gasteiger partial charge in [-0.1, -0.05) is 23.2 Å². The van der Waals surface area contributed by atoms with E-state index in [0.29, 0.717) is 13.2 Å². The molecular weight excluding hydrogens is 341 g/mol. The van der Waals surface area contributed by atoms with Crippen LogP contribution in [0.4, 0.5) is 8.78 Å².